The number of esters is 2. The van der Waals surface area contributed by atoms with Crippen molar-refractivity contribution in [3.63, 3.8) is 0 Å². The molecule has 2 N–H and O–H groups in total. The van der Waals surface area contributed by atoms with Crippen LogP contribution < -0.4 is 0 Å². The van der Waals surface area contributed by atoms with E-state index in [0.717, 1.165) is 0 Å². The van der Waals surface area contributed by atoms with Gasteiger partial charge < -0.3 is 19.7 Å². The van der Waals surface area contributed by atoms with Gasteiger partial charge in [-0.3, -0.25) is 9.59 Å². The van der Waals surface area contributed by atoms with Crippen molar-refractivity contribution in [3.05, 3.63) is 59.7 Å². The van der Waals surface area contributed by atoms with Crippen molar-refractivity contribution >= 4 is 11.9 Å². The van der Waals surface area contributed by atoms with Crippen molar-refractivity contribution in [1.29, 1.82) is 0 Å². The molecular weight excluding hydrogens is 408 g/mol. The maximum Gasteiger partial charge on any atom is 0.310 e. The largest absolute Gasteiger partial charge is 0.508 e. The molecule has 0 spiro atoms. The second kappa shape index (κ2) is 10.4. The average Bonchev–Trinajstić information content (AvgIpc) is 2.76. The number of phenols is 2. The van der Waals surface area contributed by atoms with Crippen molar-refractivity contribution in [3.8, 4) is 36.2 Å². The van der Waals surface area contributed by atoms with E-state index < -0.39 is 35.6 Å². The molecule has 0 aromatic heterocycles. The summed E-state index contributed by atoms with van der Waals surface area (Å²) in [6.07, 6.45) is 11.1. The van der Waals surface area contributed by atoms with Gasteiger partial charge in [-0.2, -0.15) is 0 Å². The van der Waals surface area contributed by atoms with Crippen LogP contribution in [-0.4, -0.2) is 35.4 Å². The fraction of sp³-hybridized carbons (Fsp3) is 0.308. The minimum atomic E-state index is -0.674. The van der Waals surface area contributed by atoms with Crippen LogP contribution in [0.4, 0.5) is 0 Å². The number of carbonyl (C=O) groups is 2. The fourth-order valence-electron chi connectivity index (χ4n) is 4.17. The molecule has 32 heavy (non-hydrogen) atoms. The van der Waals surface area contributed by atoms with E-state index in [-0.39, 0.29) is 37.6 Å². The Morgan fingerprint density at radius 3 is 1.38 bits per heavy atom. The van der Waals surface area contributed by atoms with Crippen molar-refractivity contribution in [2.75, 3.05) is 13.2 Å². The molecule has 1 aliphatic rings. The van der Waals surface area contributed by atoms with E-state index in [1.165, 1.54) is 24.3 Å². The lowest BCUT2D eigenvalue weighted by atomic mass is 9.52. The molecule has 2 aromatic rings. The maximum absolute atomic E-state index is 13.1. The molecule has 1 saturated carbocycles. The van der Waals surface area contributed by atoms with Gasteiger partial charge in [0, 0.05) is 24.7 Å². The lowest BCUT2D eigenvalue weighted by Crippen LogP contribution is -2.52. The summed E-state index contributed by atoms with van der Waals surface area (Å²) in [5.74, 6) is 1.68. The van der Waals surface area contributed by atoms with Gasteiger partial charge in [0.2, 0.25) is 0 Å². The first-order chi connectivity index (χ1) is 15.5. The van der Waals surface area contributed by atoms with Crippen molar-refractivity contribution in [2.24, 2.45) is 11.8 Å². The highest BCUT2D eigenvalue weighted by Crippen LogP contribution is 2.58. The Bertz CT molecular complexity index is 932. The predicted molar refractivity (Wildman–Crippen MR) is 117 cm³/mol. The summed E-state index contributed by atoms with van der Waals surface area (Å²) in [4.78, 5) is 26.1. The number of hydrogen-bond donors (Lipinski definition) is 2. The molecule has 0 aliphatic heterocycles. The van der Waals surface area contributed by atoms with Gasteiger partial charge in [0.25, 0.3) is 0 Å². The summed E-state index contributed by atoms with van der Waals surface area (Å²) in [5, 5.41) is 19.4. The molecule has 1 aliphatic carbocycles. The Kier molecular flexibility index (Phi) is 7.41. The Morgan fingerprint density at radius 2 is 1.06 bits per heavy atom. The van der Waals surface area contributed by atoms with Crippen molar-refractivity contribution in [2.45, 2.75) is 24.7 Å². The zero-order chi connectivity index (χ0) is 23.1. The first kappa shape index (κ1) is 22.8. The summed E-state index contributed by atoms with van der Waals surface area (Å²) < 4.78 is 10.8. The van der Waals surface area contributed by atoms with E-state index in [4.69, 9.17) is 22.3 Å². The second-order valence-electron chi connectivity index (χ2n) is 7.53. The smallest absolute Gasteiger partial charge is 0.310 e. The van der Waals surface area contributed by atoms with Crippen LogP contribution in [0.15, 0.2) is 48.5 Å². The molecular formula is C26H24O6. The average molecular weight is 432 g/mol. The van der Waals surface area contributed by atoms with Gasteiger partial charge in [-0.1, -0.05) is 24.3 Å². The molecule has 0 amide bonds. The summed E-state index contributed by atoms with van der Waals surface area (Å²) in [7, 11) is 0. The third-order valence-corrected chi connectivity index (χ3v) is 5.63. The van der Waals surface area contributed by atoms with Gasteiger partial charge in [-0.15, -0.1) is 24.7 Å². The zero-order valence-electron chi connectivity index (χ0n) is 17.4. The normalized spacial score (nSPS) is 21.4. The van der Waals surface area contributed by atoms with Gasteiger partial charge in [0.15, 0.2) is 0 Å². The standard InChI is InChI=1S/C26H24O6/c1-3-5-15-31-25(29)23-21(17-7-11-19(27)12-8-17)24(26(30)32-16-6-4-2)22(23)18-9-13-20(28)14-10-18/h1-2,7-14,21-24,27-28H,5-6,15-16H2. The molecule has 0 unspecified atom stereocenters. The SMILES string of the molecule is C#CCCOC(=O)C1C(c2ccc(O)cc2)C(C(=O)OCCC#C)C1c1ccc(O)cc1. The third kappa shape index (κ3) is 4.87. The van der Waals surface area contributed by atoms with E-state index in [1.807, 2.05) is 0 Å². The predicted octanol–water partition coefficient (Wildman–Crippen LogP) is 3.34. The number of benzene rings is 2. The molecule has 2 aromatic carbocycles. The van der Waals surface area contributed by atoms with E-state index >= 15 is 0 Å². The van der Waals surface area contributed by atoms with Crippen LogP contribution in [0, 0.1) is 36.5 Å². The van der Waals surface area contributed by atoms with Gasteiger partial charge in [-0.05, 0) is 35.4 Å². The van der Waals surface area contributed by atoms with Crippen LogP contribution in [-0.2, 0) is 19.1 Å². The molecule has 0 bridgehead atoms. The van der Waals surface area contributed by atoms with Gasteiger partial charge in [0.05, 0.1) is 11.8 Å². The highest BCUT2D eigenvalue weighted by Gasteiger charge is 2.59. The van der Waals surface area contributed by atoms with Gasteiger partial charge >= 0.3 is 11.9 Å². The molecule has 6 heteroatoms. The van der Waals surface area contributed by atoms with E-state index in [1.54, 1.807) is 24.3 Å². The fourth-order valence-corrected chi connectivity index (χ4v) is 4.17. The zero-order valence-corrected chi connectivity index (χ0v) is 17.4. The Labute approximate surface area is 187 Å². The number of carbonyl (C=O) groups excluding carboxylic acids is 2. The number of rotatable bonds is 8. The van der Waals surface area contributed by atoms with E-state index in [0.29, 0.717) is 11.1 Å². The number of aromatic hydroxyl groups is 2. The van der Waals surface area contributed by atoms with Crippen LogP contribution in [0.25, 0.3) is 0 Å². The summed E-state index contributed by atoms with van der Waals surface area (Å²) >= 11 is 0. The van der Waals surface area contributed by atoms with Crippen molar-refractivity contribution < 1.29 is 29.3 Å². The Morgan fingerprint density at radius 1 is 0.719 bits per heavy atom. The molecule has 164 valence electrons. The van der Waals surface area contributed by atoms with E-state index in [2.05, 4.69) is 11.8 Å². The lowest BCUT2D eigenvalue weighted by Gasteiger charge is -2.49. The number of ether oxygens (including phenoxy) is 2. The van der Waals surface area contributed by atoms with Gasteiger partial charge in [-0.25, -0.2) is 0 Å². The molecule has 6 nitrogen and oxygen atoms in total. The topological polar surface area (TPSA) is 93.1 Å². The molecule has 1 fully saturated rings. The van der Waals surface area contributed by atoms with Crippen molar-refractivity contribution in [1.82, 2.24) is 0 Å². The first-order valence-electron chi connectivity index (χ1n) is 10.3. The third-order valence-electron chi connectivity index (χ3n) is 5.63. The quantitative estimate of drug-likeness (QED) is 0.378. The monoisotopic (exact) mass is 432 g/mol. The minimum absolute atomic E-state index is 0.0736. The maximum atomic E-state index is 13.1. The first-order valence-corrected chi connectivity index (χ1v) is 10.3. The second-order valence-corrected chi connectivity index (χ2v) is 7.53. The number of phenolic OH excluding ortho intramolecular Hbond substituents is 2. The molecule has 0 atom stereocenters. The lowest BCUT2D eigenvalue weighted by molar-refractivity contribution is -0.167. The van der Waals surface area contributed by atoms with Crippen LogP contribution >= 0.6 is 0 Å². The van der Waals surface area contributed by atoms with Crippen LogP contribution in [0.3, 0.4) is 0 Å². The number of terminal acetylenes is 2. The highest BCUT2D eigenvalue weighted by molar-refractivity contribution is 5.85. The molecule has 0 radical (unpaired) electrons. The Balaban J connectivity index is 1.99. The van der Waals surface area contributed by atoms with Crippen LogP contribution in [0.5, 0.6) is 11.5 Å². The highest BCUT2D eigenvalue weighted by atomic mass is 16.5. The molecule has 0 heterocycles. The van der Waals surface area contributed by atoms with Crippen LogP contribution in [0.2, 0.25) is 0 Å². The minimum Gasteiger partial charge on any atom is -0.508 e. The van der Waals surface area contributed by atoms with Crippen LogP contribution in [0.1, 0.15) is 35.8 Å². The Hall–Kier alpha value is -3.90. The van der Waals surface area contributed by atoms with Gasteiger partial charge in [0.1, 0.15) is 24.7 Å². The summed E-state index contributed by atoms with van der Waals surface area (Å²) in [5.41, 5.74) is 1.41. The number of hydrogen-bond acceptors (Lipinski definition) is 6. The molecule has 3 rings (SSSR count). The summed E-state index contributed by atoms with van der Waals surface area (Å²) in [6, 6.07) is 12.7. The summed E-state index contributed by atoms with van der Waals surface area (Å²) in [6.45, 7) is 0.154. The molecule has 0 saturated heterocycles. The van der Waals surface area contributed by atoms with E-state index in [9.17, 15) is 19.8 Å².